The van der Waals surface area contributed by atoms with Gasteiger partial charge in [-0.25, -0.2) is 0 Å². The zero-order valence-electron chi connectivity index (χ0n) is 15.3. The van der Waals surface area contributed by atoms with Crippen LogP contribution in [0.3, 0.4) is 0 Å². The molecule has 3 rings (SSSR count). The molecule has 1 amide bonds. The van der Waals surface area contributed by atoms with Crippen molar-refractivity contribution in [3.8, 4) is 0 Å². The summed E-state index contributed by atoms with van der Waals surface area (Å²) in [5.74, 6) is 0.831. The Hall–Kier alpha value is -2.14. The number of nitrogens with one attached hydrogen (secondary N) is 1. The molecule has 1 aromatic carbocycles. The second-order valence-corrected chi connectivity index (χ2v) is 7.21. The van der Waals surface area contributed by atoms with Crippen LogP contribution in [0.4, 0.5) is 5.82 Å². The standard InChI is InChI=1S/C20H25ClN4O/c1-3-15-6-8-16(9-7-15)14(2)22-20(26)17-5-4-12-25(13-17)19-11-10-18(21)23-24-19/h6-11,14,17H,3-5,12-13H2,1-2H3,(H,22,26)/t14-,17-/m0/s1. The van der Waals surface area contributed by atoms with E-state index < -0.39 is 0 Å². The predicted octanol–water partition coefficient (Wildman–Crippen LogP) is 3.79. The third kappa shape index (κ3) is 4.52. The Bertz CT molecular complexity index is 732. The van der Waals surface area contributed by atoms with Crippen molar-refractivity contribution in [2.45, 2.75) is 39.2 Å². The Morgan fingerprint density at radius 3 is 2.69 bits per heavy atom. The van der Waals surface area contributed by atoms with Crippen molar-refractivity contribution in [1.82, 2.24) is 15.5 Å². The lowest BCUT2D eigenvalue weighted by Gasteiger charge is -2.33. The summed E-state index contributed by atoms with van der Waals surface area (Å²) in [6.45, 7) is 5.71. The molecule has 1 saturated heterocycles. The first-order valence-corrected chi connectivity index (χ1v) is 9.58. The number of aryl methyl sites for hydroxylation is 1. The van der Waals surface area contributed by atoms with Gasteiger partial charge in [0.1, 0.15) is 0 Å². The Balaban J connectivity index is 1.60. The zero-order chi connectivity index (χ0) is 18.5. The van der Waals surface area contributed by atoms with E-state index in [1.807, 2.05) is 13.0 Å². The number of hydrogen-bond acceptors (Lipinski definition) is 4. The largest absolute Gasteiger partial charge is 0.354 e. The molecule has 0 spiro atoms. The summed E-state index contributed by atoms with van der Waals surface area (Å²) in [6, 6.07) is 12.0. The first-order valence-electron chi connectivity index (χ1n) is 9.20. The lowest BCUT2D eigenvalue weighted by molar-refractivity contribution is -0.125. The van der Waals surface area contributed by atoms with E-state index in [0.29, 0.717) is 11.7 Å². The number of carbonyl (C=O) groups excluding carboxylic acids is 1. The van der Waals surface area contributed by atoms with Gasteiger partial charge < -0.3 is 10.2 Å². The van der Waals surface area contributed by atoms with Gasteiger partial charge in [0.05, 0.1) is 12.0 Å². The maximum atomic E-state index is 12.7. The highest BCUT2D eigenvalue weighted by molar-refractivity contribution is 6.29. The van der Waals surface area contributed by atoms with Crippen LogP contribution >= 0.6 is 11.6 Å². The highest BCUT2D eigenvalue weighted by Gasteiger charge is 2.27. The van der Waals surface area contributed by atoms with E-state index in [-0.39, 0.29) is 17.9 Å². The van der Waals surface area contributed by atoms with Gasteiger partial charge in [0, 0.05) is 13.1 Å². The fourth-order valence-corrected chi connectivity index (χ4v) is 3.43. The average Bonchev–Trinajstić information content (AvgIpc) is 2.68. The van der Waals surface area contributed by atoms with Crippen molar-refractivity contribution in [2.24, 2.45) is 5.92 Å². The first-order chi connectivity index (χ1) is 12.6. The van der Waals surface area contributed by atoms with Crippen LogP contribution in [0.25, 0.3) is 0 Å². The minimum atomic E-state index is -0.0430. The number of nitrogens with zero attached hydrogens (tertiary/aromatic N) is 3. The van der Waals surface area contributed by atoms with E-state index >= 15 is 0 Å². The molecular weight excluding hydrogens is 348 g/mol. The molecule has 1 aliphatic rings. The summed E-state index contributed by atoms with van der Waals surface area (Å²) >= 11 is 5.81. The summed E-state index contributed by atoms with van der Waals surface area (Å²) in [7, 11) is 0. The van der Waals surface area contributed by atoms with Crippen LogP contribution in [0.5, 0.6) is 0 Å². The molecule has 0 aliphatic carbocycles. The SMILES string of the molecule is CCc1ccc([C@H](C)NC(=O)[C@H]2CCCN(c3ccc(Cl)nn3)C2)cc1. The van der Waals surface area contributed by atoms with Crippen molar-refractivity contribution in [3.05, 3.63) is 52.7 Å². The molecule has 0 bridgehead atoms. The summed E-state index contributed by atoms with van der Waals surface area (Å²) in [5.41, 5.74) is 2.44. The van der Waals surface area contributed by atoms with Gasteiger partial charge in [0.25, 0.3) is 0 Å². The molecular formula is C20H25ClN4O. The Kier molecular flexibility index (Phi) is 6.09. The molecule has 0 unspecified atom stereocenters. The van der Waals surface area contributed by atoms with Crippen molar-refractivity contribution in [3.63, 3.8) is 0 Å². The molecule has 2 atom stereocenters. The van der Waals surface area contributed by atoms with Gasteiger partial charge in [-0.1, -0.05) is 42.8 Å². The summed E-state index contributed by atoms with van der Waals surface area (Å²) in [6.07, 6.45) is 2.87. The second-order valence-electron chi connectivity index (χ2n) is 6.82. The van der Waals surface area contributed by atoms with Crippen LogP contribution in [0.15, 0.2) is 36.4 Å². The molecule has 0 radical (unpaired) electrons. The minimum Gasteiger partial charge on any atom is -0.354 e. The molecule has 2 heterocycles. The molecule has 138 valence electrons. The molecule has 6 heteroatoms. The molecule has 2 aromatic rings. The molecule has 1 N–H and O–H groups in total. The number of rotatable bonds is 5. The van der Waals surface area contributed by atoms with Gasteiger partial charge in [0.15, 0.2) is 11.0 Å². The lowest BCUT2D eigenvalue weighted by Crippen LogP contribution is -2.44. The number of halogens is 1. The number of carbonyl (C=O) groups is 1. The fraction of sp³-hybridized carbons (Fsp3) is 0.450. The van der Waals surface area contributed by atoms with Gasteiger partial charge in [0.2, 0.25) is 5.91 Å². The first kappa shape index (κ1) is 18.6. The lowest BCUT2D eigenvalue weighted by atomic mass is 9.96. The maximum Gasteiger partial charge on any atom is 0.225 e. The average molecular weight is 373 g/mol. The quantitative estimate of drug-likeness (QED) is 0.867. The number of hydrogen-bond donors (Lipinski definition) is 1. The van der Waals surface area contributed by atoms with E-state index in [9.17, 15) is 4.79 Å². The highest BCUT2D eigenvalue weighted by atomic mass is 35.5. The van der Waals surface area contributed by atoms with E-state index in [0.717, 1.165) is 37.2 Å². The minimum absolute atomic E-state index is 0.000828. The van der Waals surface area contributed by atoms with Gasteiger partial charge in [-0.3, -0.25) is 4.79 Å². The summed E-state index contributed by atoms with van der Waals surface area (Å²) < 4.78 is 0. The molecule has 0 saturated carbocycles. The van der Waals surface area contributed by atoms with Crippen LogP contribution in [-0.2, 0) is 11.2 Å². The highest BCUT2D eigenvalue weighted by Crippen LogP contribution is 2.23. The number of piperidine rings is 1. The van der Waals surface area contributed by atoms with Crippen molar-refractivity contribution >= 4 is 23.3 Å². The topological polar surface area (TPSA) is 58.1 Å². The van der Waals surface area contributed by atoms with E-state index in [1.165, 1.54) is 5.56 Å². The molecule has 1 aliphatic heterocycles. The predicted molar refractivity (Wildman–Crippen MR) is 104 cm³/mol. The Labute approximate surface area is 159 Å². The van der Waals surface area contributed by atoms with Crippen LogP contribution in [0.2, 0.25) is 5.15 Å². The normalized spacial score (nSPS) is 18.4. The van der Waals surface area contributed by atoms with Gasteiger partial charge in [-0.2, -0.15) is 0 Å². The van der Waals surface area contributed by atoms with Crippen LogP contribution in [-0.4, -0.2) is 29.2 Å². The molecule has 1 fully saturated rings. The van der Waals surface area contributed by atoms with Gasteiger partial charge in [-0.05, 0) is 49.4 Å². The Morgan fingerprint density at radius 1 is 1.27 bits per heavy atom. The smallest absolute Gasteiger partial charge is 0.225 e. The molecule has 1 aromatic heterocycles. The van der Waals surface area contributed by atoms with Crippen LogP contribution < -0.4 is 10.2 Å². The van der Waals surface area contributed by atoms with Gasteiger partial charge in [-0.15, -0.1) is 10.2 Å². The molecule has 5 nitrogen and oxygen atoms in total. The summed E-state index contributed by atoms with van der Waals surface area (Å²) in [5, 5.41) is 11.6. The third-order valence-corrected chi connectivity index (χ3v) is 5.18. The van der Waals surface area contributed by atoms with Gasteiger partial charge >= 0.3 is 0 Å². The monoisotopic (exact) mass is 372 g/mol. The number of aromatic nitrogens is 2. The van der Waals surface area contributed by atoms with Crippen molar-refractivity contribution in [2.75, 3.05) is 18.0 Å². The fourth-order valence-electron chi connectivity index (χ4n) is 3.33. The summed E-state index contributed by atoms with van der Waals surface area (Å²) in [4.78, 5) is 14.8. The van der Waals surface area contributed by atoms with Crippen LogP contribution in [0, 0.1) is 5.92 Å². The molecule has 26 heavy (non-hydrogen) atoms. The van der Waals surface area contributed by atoms with E-state index in [4.69, 9.17) is 11.6 Å². The van der Waals surface area contributed by atoms with E-state index in [2.05, 4.69) is 51.6 Å². The van der Waals surface area contributed by atoms with Crippen molar-refractivity contribution in [1.29, 1.82) is 0 Å². The number of amides is 1. The number of anilines is 1. The zero-order valence-corrected chi connectivity index (χ0v) is 16.0. The second kappa shape index (κ2) is 8.49. The third-order valence-electron chi connectivity index (χ3n) is 4.98. The Morgan fingerprint density at radius 2 is 2.04 bits per heavy atom. The number of benzene rings is 1. The maximum absolute atomic E-state index is 12.7. The van der Waals surface area contributed by atoms with E-state index in [1.54, 1.807) is 6.07 Å². The van der Waals surface area contributed by atoms with Crippen LogP contribution in [0.1, 0.15) is 43.9 Å². The van der Waals surface area contributed by atoms with Crippen molar-refractivity contribution < 1.29 is 4.79 Å².